The summed E-state index contributed by atoms with van der Waals surface area (Å²) in [6.45, 7) is 1.01. The number of rotatable bonds is 7. The molecule has 138 valence electrons. The average molecular weight is 382 g/mol. The summed E-state index contributed by atoms with van der Waals surface area (Å²) >= 11 is 0. The Morgan fingerprint density at radius 1 is 1.15 bits per heavy atom. The van der Waals surface area contributed by atoms with Crippen LogP contribution in [0.15, 0.2) is 53.4 Å². The van der Waals surface area contributed by atoms with E-state index in [4.69, 9.17) is 4.74 Å². The lowest BCUT2D eigenvalue weighted by Gasteiger charge is -2.23. The van der Waals surface area contributed by atoms with Gasteiger partial charge in [-0.2, -0.15) is 0 Å². The molecule has 0 aliphatic carbocycles. The van der Waals surface area contributed by atoms with E-state index in [0.717, 1.165) is 40.7 Å². The largest absolute Gasteiger partial charge is 0.465 e. The van der Waals surface area contributed by atoms with Gasteiger partial charge < -0.3 is 4.74 Å². The maximum Gasteiger partial charge on any atom is 0.326 e. The summed E-state index contributed by atoms with van der Waals surface area (Å²) in [4.78, 5) is 21.6. The summed E-state index contributed by atoms with van der Waals surface area (Å²) in [6.07, 6.45) is 0. The Balaban J connectivity index is 2.46. The van der Waals surface area contributed by atoms with E-state index in [1.807, 2.05) is 0 Å². The first-order chi connectivity index (χ1) is 12.3. The third kappa shape index (κ3) is 4.33. The highest BCUT2D eigenvalue weighted by atomic mass is 32.2. The quantitative estimate of drug-likeness (QED) is 0.414. The molecule has 2 rings (SSSR count). The lowest BCUT2D eigenvalue weighted by atomic mass is 10.3. The highest BCUT2D eigenvalue weighted by Crippen LogP contribution is 2.25. The molecule has 10 heteroatoms. The fourth-order valence-electron chi connectivity index (χ4n) is 2.11. The van der Waals surface area contributed by atoms with Gasteiger partial charge >= 0.3 is 5.97 Å². The minimum atomic E-state index is -4.24. The van der Waals surface area contributed by atoms with Gasteiger partial charge in [0.05, 0.1) is 22.1 Å². The van der Waals surface area contributed by atoms with Crippen molar-refractivity contribution < 1.29 is 27.3 Å². The van der Waals surface area contributed by atoms with Gasteiger partial charge in [0.15, 0.2) is 0 Å². The van der Waals surface area contributed by atoms with E-state index < -0.39 is 33.3 Å². The van der Waals surface area contributed by atoms with Crippen molar-refractivity contribution in [1.82, 2.24) is 0 Å². The van der Waals surface area contributed by atoms with Crippen molar-refractivity contribution in [2.45, 2.75) is 11.8 Å². The molecule has 0 unspecified atom stereocenters. The topological polar surface area (TPSA) is 107 Å². The number of nitro groups is 1. The maximum atomic E-state index is 13.1. The highest BCUT2D eigenvalue weighted by molar-refractivity contribution is 7.92. The summed E-state index contributed by atoms with van der Waals surface area (Å²) in [5.41, 5.74) is -0.222. The van der Waals surface area contributed by atoms with Gasteiger partial charge in [-0.15, -0.1) is 0 Å². The monoisotopic (exact) mass is 382 g/mol. The molecule has 0 aliphatic rings. The van der Waals surface area contributed by atoms with Crippen molar-refractivity contribution in [2.75, 3.05) is 17.5 Å². The number of benzene rings is 2. The van der Waals surface area contributed by atoms with E-state index >= 15 is 0 Å². The van der Waals surface area contributed by atoms with Gasteiger partial charge in [0.1, 0.15) is 12.4 Å². The fourth-order valence-corrected chi connectivity index (χ4v) is 3.52. The van der Waals surface area contributed by atoms with Crippen molar-refractivity contribution in [3.63, 3.8) is 0 Å². The van der Waals surface area contributed by atoms with Gasteiger partial charge in [-0.3, -0.25) is 19.2 Å². The number of non-ortho nitro benzene ring substituents is 1. The molecule has 0 saturated heterocycles. The first-order valence-electron chi connectivity index (χ1n) is 7.44. The van der Waals surface area contributed by atoms with E-state index in [2.05, 4.69) is 0 Å². The van der Waals surface area contributed by atoms with Crippen LogP contribution in [0.25, 0.3) is 0 Å². The number of hydrogen-bond donors (Lipinski definition) is 0. The number of halogens is 1. The van der Waals surface area contributed by atoms with E-state index in [0.29, 0.717) is 0 Å². The average Bonchev–Trinajstić information content (AvgIpc) is 2.61. The molecule has 0 fully saturated rings. The molecule has 0 bridgehead atoms. The molecule has 0 atom stereocenters. The van der Waals surface area contributed by atoms with Crippen LogP contribution >= 0.6 is 0 Å². The Bertz CT molecular complexity index is 897. The van der Waals surface area contributed by atoms with Gasteiger partial charge in [-0.25, -0.2) is 12.8 Å². The lowest BCUT2D eigenvalue weighted by Crippen LogP contribution is -2.36. The number of anilines is 1. The van der Waals surface area contributed by atoms with E-state index in [1.165, 1.54) is 12.1 Å². The summed E-state index contributed by atoms with van der Waals surface area (Å²) in [6, 6.07) is 8.73. The Morgan fingerprint density at radius 2 is 1.73 bits per heavy atom. The van der Waals surface area contributed by atoms with E-state index in [1.54, 1.807) is 6.92 Å². The van der Waals surface area contributed by atoms with Gasteiger partial charge in [0, 0.05) is 12.1 Å². The van der Waals surface area contributed by atoms with Crippen LogP contribution in [0, 0.1) is 15.9 Å². The van der Waals surface area contributed by atoms with Gasteiger partial charge in [0.25, 0.3) is 15.7 Å². The Morgan fingerprint density at radius 3 is 2.23 bits per heavy atom. The van der Waals surface area contributed by atoms with Gasteiger partial charge in [0.2, 0.25) is 0 Å². The van der Waals surface area contributed by atoms with E-state index in [-0.39, 0.29) is 22.9 Å². The SMILES string of the molecule is CCOC(=O)CN(c1ccc(F)cc1)S(=O)(=O)c1ccc([N+](=O)[O-])cc1. The van der Waals surface area contributed by atoms with Crippen molar-refractivity contribution in [3.8, 4) is 0 Å². The molecule has 8 nitrogen and oxygen atoms in total. The fraction of sp³-hybridized carbons (Fsp3) is 0.188. The first-order valence-corrected chi connectivity index (χ1v) is 8.88. The van der Waals surface area contributed by atoms with Crippen LogP contribution in [0.4, 0.5) is 15.8 Å². The number of sulfonamides is 1. The predicted octanol–water partition coefficient (Wildman–Crippen LogP) is 2.49. The molecule has 0 aliphatic heterocycles. The molecule has 26 heavy (non-hydrogen) atoms. The zero-order chi connectivity index (χ0) is 19.3. The Kier molecular flexibility index (Phi) is 5.88. The van der Waals surface area contributed by atoms with Crippen molar-refractivity contribution in [3.05, 3.63) is 64.5 Å². The second-order valence-corrected chi connectivity index (χ2v) is 6.91. The second-order valence-electron chi connectivity index (χ2n) is 5.04. The molecule has 0 N–H and O–H groups in total. The van der Waals surface area contributed by atoms with Crippen LogP contribution in [-0.4, -0.2) is 32.5 Å². The smallest absolute Gasteiger partial charge is 0.326 e. The molecule has 0 radical (unpaired) electrons. The molecule has 0 saturated carbocycles. The molecule has 0 amide bonds. The number of nitro benzene ring substituents is 1. The zero-order valence-corrected chi connectivity index (χ0v) is 14.5. The first kappa shape index (κ1) is 19.3. The van der Waals surface area contributed by atoms with Crippen LogP contribution in [0.5, 0.6) is 0 Å². The molecule has 2 aromatic carbocycles. The number of nitrogens with zero attached hydrogens (tertiary/aromatic N) is 2. The normalized spacial score (nSPS) is 11.0. The van der Waals surface area contributed by atoms with Crippen LogP contribution in [-0.2, 0) is 19.6 Å². The minimum Gasteiger partial charge on any atom is -0.465 e. The Labute approximate surface area is 149 Å². The van der Waals surface area contributed by atoms with Crippen LogP contribution in [0.3, 0.4) is 0 Å². The number of hydrogen-bond acceptors (Lipinski definition) is 6. The number of ether oxygens (including phenoxy) is 1. The van der Waals surface area contributed by atoms with Crippen molar-refractivity contribution >= 4 is 27.4 Å². The highest BCUT2D eigenvalue weighted by Gasteiger charge is 2.28. The number of esters is 1. The zero-order valence-electron chi connectivity index (χ0n) is 13.7. The van der Waals surface area contributed by atoms with Crippen LogP contribution in [0.2, 0.25) is 0 Å². The summed E-state index contributed by atoms with van der Waals surface area (Å²) in [5, 5.41) is 10.7. The van der Waals surface area contributed by atoms with E-state index in [9.17, 15) is 27.7 Å². The summed E-state index contributed by atoms with van der Waals surface area (Å²) in [7, 11) is -4.24. The van der Waals surface area contributed by atoms with Gasteiger partial charge in [-0.05, 0) is 43.3 Å². The van der Waals surface area contributed by atoms with Crippen LogP contribution in [0.1, 0.15) is 6.92 Å². The lowest BCUT2D eigenvalue weighted by molar-refractivity contribution is -0.384. The molecular formula is C16H15FN2O6S. The minimum absolute atomic E-state index is 0.0535. The van der Waals surface area contributed by atoms with Gasteiger partial charge in [-0.1, -0.05) is 0 Å². The third-order valence-corrected chi connectivity index (χ3v) is 5.12. The second kappa shape index (κ2) is 7.91. The molecule has 2 aromatic rings. The maximum absolute atomic E-state index is 13.1. The summed E-state index contributed by atoms with van der Waals surface area (Å²) in [5.74, 6) is -1.36. The molecule has 0 heterocycles. The number of carbonyl (C=O) groups is 1. The number of carbonyl (C=O) groups excluding carboxylic acids is 1. The van der Waals surface area contributed by atoms with Crippen molar-refractivity contribution in [2.24, 2.45) is 0 Å². The molecule has 0 spiro atoms. The van der Waals surface area contributed by atoms with Crippen molar-refractivity contribution in [1.29, 1.82) is 0 Å². The molecule has 0 aromatic heterocycles. The standard InChI is InChI=1S/C16H15FN2O6S/c1-2-25-16(20)11-18(13-5-3-12(17)4-6-13)26(23,24)15-9-7-14(8-10-15)19(21)22/h3-10H,2,11H2,1H3. The Hall–Kier alpha value is -3.01. The molecular weight excluding hydrogens is 367 g/mol. The third-order valence-electron chi connectivity index (χ3n) is 3.33. The van der Waals surface area contributed by atoms with Crippen LogP contribution < -0.4 is 4.31 Å². The summed E-state index contributed by atoms with van der Waals surface area (Å²) < 4.78 is 44.5. The predicted molar refractivity (Wildman–Crippen MR) is 90.7 cm³/mol.